The van der Waals surface area contributed by atoms with Crippen molar-refractivity contribution >= 4 is 93.2 Å². The Balaban J connectivity index is 1.71. The van der Waals surface area contributed by atoms with Crippen LogP contribution in [0, 0.1) is 32.1 Å². The van der Waals surface area contributed by atoms with Gasteiger partial charge in [0, 0.05) is 36.6 Å². The molecule has 0 fully saturated rings. The lowest BCUT2D eigenvalue weighted by molar-refractivity contribution is -0.393. The average Bonchev–Trinajstić information content (AvgIpc) is 3.55. The van der Waals surface area contributed by atoms with Gasteiger partial charge in [-0.2, -0.15) is 0 Å². The van der Waals surface area contributed by atoms with E-state index in [4.69, 9.17) is 14.9 Å². The van der Waals surface area contributed by atoms with Crippen LogP contribution in [0.3, 0.4) is 0 Å². The number of methoxy groups -OCH3 is 1. The molecule has 32 heteroatoms. The minimum atomic E-state index is -1.97. The molecule has 13 N–H and O–H groups in total. The van der Waals surface area contributed by atoms with Crippen molar-refractivity contribution in [2.24, 2.45) is 17.6 Å². The molecule has 0 bridgehead atoms. The van der Waals surface area contributed by atoms with Crippen LogP contribution < -0.4 is 58.6 Å². The van der Waals surface area contributed by atoms with Crippen molar-refractivity contribution < 1.29 is 87.1 Å². The minimum absolute atomic E-state index is 0.0220. The number of non-ortho nitro benzene ring substituents is 1. The number of anilines is 1. The number of carboxylic acid groups (broad SMARTS) is 3. The molecular weight excluding hydrogens is 1100 g/mol. The average molecular weight is 1170 g/mol. The fraction of sp³-hybridized carbons (Fsp3) is 0.490. The number of unbranched alkanes of at least 4 members (excludes halogenated alkanes) is 1. The standard InChI is InChI=1S/C51H67N11O21/c1-24(2)17-34(57-49(74)35(22-39(52)63)59-50(75)44(25(3)4)60-40(64)18-27-19-43(69)83-38-21-29(82-6)11-12-30(27)38)48(73)58-36(23-42(67)68)47(72)54-26(5)45(70)55-32(14-15-41(65)66)46(71)56-33(51(76)77)9-7-8-16-53-31-13-10-28(61(78)79)20-37(31)62(80)81/h10-13,19-21,24-26,32-36,44,53H,7-9,14-18,22-23H2,1-6H3,(H2,52,63)(H,54,72)(H,55,70)(H,56,71)(H,57,74)(H,58,73)(H,59,75)(H,60,64)(H,65,66)(H,67,68)(H,76,77)/t26-,32-,33-,34-,35-,36-,44-/m0/s1. The van der Waals surface area contributed by atoms with E-state index in [1.807, 2.05) is 0 Å². The van der Waals surface area contributed by atoms with Crippen molar-refractivity contribution in [3.05, 3.63) is 78.7 Å². The summed E-state index contributed by atoms with van der Waals surface area (Å²) in [6.07, 6.45) is -3.83. The highest BCUT2D eigenvalue weighted by Crippen LogP contribution is 2.29. The lowest BCUT2D eigenvalue weighted by Crippen LogP contribution is -2.60. The van der Waals surface area contributed by atoms with Crippen LogP contribution in [-0.4, -0.2) is 146 Å². The molecule has 2 aromatic carbocycles. The molecule has 8 amide bonds. The van der Waals surface area contributed by atoms with Gasteiger partial charge in [-0.25, -0.2) is 9.59 Å². The number of hydrogen-bond donors (Lipinski definition) is 12. The van der Waals surface area contributed by atoms with Gasteiger partial charge in [0.2, 0.25) is 47.3 Å². The predicted octanol–water partition coefficient (Wildman–Crippen LogP) is -0.142. The first-order chi connectivity index (χ1) is 38.9. The van der Waals surface area contributed by atoms with Crippen LogP contribution >= 0.6 is 0 Å². The monoisotopic (exact) mass is 1170 g/mol. The van der Waals surface area contributed by atoms with E-state index in [1.165, 1.54) is 13.2 Å². The Morgan fingerprint density at radius 1 is 0.651 bits per heavy atom. The topological polar surface area (TPSA) is 496 Å². The summed E-state index contributed by atoms with van der Waals surface area (Å²) in [7, 11) is 1.41. The zero-order valence-corrected chi connectivity index (χ0v) is 46.0. The van der Waals surface area contributed by atoms with Gasteiger partial charge >= 0.3 is 23.5 Å². The van der Waals surface area contributed by atoms with Gasteiger partial charge < -0.3 is 72.7 Å². The minimum Gasteiger partial charge on any atom is -0.497 e. The number of nitrogens with two attached hydrogens (primary N) is 1. The number of carboxylic acids is 3. The van der Waals surface area contributed by atoms with Crippen molar-refractivity contribution in [1.29, 1.82) is 0 Å². The summed E-state index contributed by atoms with van der Waals surface area (Å²) in [4.78, 5) is 177. The number of benzene rings is 2. The molecule has 0 unspecified atom stereocenters. The molecule has 0 saturated heterocycles. The lowest BCUT2D eigenvalue weighted by Gasteiger charge is -2.28. The molecule has 0 aliphatic carbocycles. The van der Waals surface area contributed by atoms with Gasteiger partial charge in [0.1, 0.15) is 59.3 Å². The maximum atomic E-state index is 13.9. The number of hydrogen-bond acceptors (Lipinski definition) is 19. The molecule has 7 atom stereocenters. The quantitative estimate of drug-likeness (QED) is 0.0158. The first-order valence-electron chi connectivity index (χ1n) is 25.7. The zero-order valence-electron chi connectivity index (χ0n) is 46.0. The molecule has 32 nitrogen and oxygen atoms in total. The Morgan fingerprint density at radius 3 is 1.82 bits per heavy atom. The third-order valence-electron chi connectivity index (χ3n) is 12.3. The largest absolute Gasteiger partial charge is 0.497 e. The van der Waals surface area contributed by atoms with Crippen LogP contribution in [0.15, 0.2) is 51.7 Å². The number of nitro benzene ring substituents is 2. The molecule has 3 aromatic rings. The number of nitrogens with one attached hydrogen (secondary N) is 8. The van der Waals surface area contributed by atoms with Crippen LogP contribution in [0.2, 0.25) is 0 Å². The number of carbonyl (C=O) groups is 11. The number of rotatable bonds is 35. The van der Waals surface area contributed by atoms with E-state index < -0.39 is 178 Å². The highest BCUT2D eigenvalue weighted by molar-refractivity contribution is 5.99. The van der Waals surface area contributed by atoms with Crippen molar-refractivity contribution in [1.82, 2.24) is 37.2 Å². The van der Waals surface area contributed by atoms with Crippen molar-refractivity contribution in [3.63, 3.8) is 0 Å². The summed E-state index contributed by atoms with van der Waals surface area (Å²) in [5.74, 6) is -13.9. The SMILES string of the molecule is COc1ccc2c(CC(=O)N[C@H](C(=O)N[C@@H](CC(N)=O)C(=O)N[C@@H](CC(C)C)C(=O)N[C@@H](CC(=O)O)C(=O)N[C@@H](C)C(=O)N[C@@H](CCC(=O)O)C(=O)N[C@@H](CCCCNc3ccc([N+](=O)[O-])cc3[N+](=O)[O-])C(=O)O)C(C)C)cc(=O)oc2c1. The molecule has 0 spiro atoms. The summed E-state index contributed by atoms with van der Waals surface area (Å²) in [6.45, 7) is 7.48. The third kappa shape index (κ3) is 22.0. The van der Waals surface area contributed by atoms with E-state index in [2.05, 4.69) is 42.5 Å². The van der Waals surface area contributed by atoms with E-state index in [0.717, 1.165) is 31.2 Å². The number of primary amides is 1. The van der Waals surface area contributed by atoms with Gasteiger partial charge in [0.05, 0.1) is 42.3 Å². The van der Waals surface area contributed by atoms with Gasteiger partial charge in [-0.3, -0.25) is 68.2 Å². The number of ether oxygens (including phenoxy) is 1. The summed E-state index contributed by atoms with van der Waals surface area (Å²) in [5.41, 5.74) is 3.89. The number of fused-ring (bicyclic) bond motifs is 1. The highest BCUT2D eigenvalue weighted by Gasteiger charge is 2.36. The van der Waals surface area contributed by atoms with Crippen LogP contribution in [0.5, 0.6) is 5.75 Å². The summed E-state index contributed by atoms with van der Waals surface area (Å²) in [5, 5.41) is 70.7. The van der Waals surface area contributed by atoms with Crippen molar-refractivity contribution in [2.45, 2.75) is 135 Å². The molecule has 83 heavy (non-hydrogen) atoms. The van der Waals surface area contributed by atoms with E-state index in [9.17, 15) is 93.1 Å². The molecule has 3 rings (SSSR count). The molecular formula is C51H67N11O21. The molecule has 0 radical (unpaired) electrons. The van der Waals surface area contributed by atoms with Gasteiger partial charge in [-0.05, 0) is 74.6 Å². The number of carbonyl (C=O) groups excluding carboxylic acids is 8. The van der Waals surface area contributed by atoms with E-state index in [1.54, 1.807) is 39.8 Å². The fourth-order valence-corrected chi connectivity index (χ4v) is 8.09. The predicted molar refractivity (Wildman–Crippen MR) is 289 cm³/mol. The normalized spacial score (nSPS) is 13.5. The van der Waals surface area contributed by atoms with Gasteiger partial charge in [-0.1, -0.05) is 27.7 Å². The van der Waals surface area contributed by atoms with Crippen LogP contribution in [-0.2, 0) is 59.2 Å². The molecule has 452 valence electrons. The highest BCUT2D eigenvalue weighted by atomic mass is 16.6. The Hall–Kier alpha value is -9.78. The number of nitrogens with zero attached hydrogens (tertiary/aromatic N) is 2. The first-order valence-corrected chi connectivity index (χ1v) is 25.7. The Labute approximate surface area is 472 Å². The Morgan fingerprint density at radius 2 is 1.24 bits per heavy atom. The van der Waals surface area contributed by atoms with Gasteiger partial charge in [0.25, 0.3) is 11.4 Å². The molecule has 1 heterocycles. The van der Waals surface area contributed by atoms with Gasteiger partial charge in [-0.15, -0.1) is 0 Å². The second-order valence-corrected chi connectivity index (χ2v) is 19.8. The van der Waals surface area contributed by atoms with Crippen molar-refractivity contribution in [3.8, 4) is 5.75 Å². The number of nitro groups is 2. The Kier molecular flexibility index (Phi) is 25.9. The van der Waals surface area contributed by atoms with E-state index in [0.29, 0.717) is 11.1 Å². The van der Waals surface area contributed by atoms with Crippen LogP contribution in [0.1, 0.15) is 91.5 Å². The molecule has 1 aromatic heterocycles. The van der Waals surface area contributed by atoms with Crippen LogP contribution in [0.4, 0.5) is 17.1 Å². The maximum absolute atomic E-state index is 13.9. The summed E-state index contributed by atoms with van der Waals surface area (Å²) >= 11 is 0. The van der Waals surface area contributed by atoms with Crippen molar-refractivity contribution in [2.75, 3.05) is 19.0 Å². The number of amides is 8. The third-order valence-corrected chi connectivity index (χ3v) is 12.3. The maximum Gasteiger partial charge on any atom is 0.336 e. The lowest BCUT2D eigenvalue weighted by atomic mass is 10.00. The number of aliphatic carboxylic acids is 3. The zero-order chi connectivity index (χ0) is 62.4. The smallest absolute Gasteiger partial charge is 0.336 e. The molecule has 0 saturated carbocycles. The Bertz CT molecular complexity index is 3000. The van der Waals surface area contributed by atoms with Crippen LogP contribution in [0.25, 0.3) is 11.0 Å². The first kappa shape index (κ1) is 67.5. The molecule has 0 aliphatic heterocycles. The summed E-state index contributed by atoms with van der Waals surface area (Å²) in [6, 6.07) is -3.04. The van der Waals surface area contributed by atoms with Gasteiger partial charge in [0.15, 0.2) is 0 Å². The fourth-order valence-electron chi connectivity index (χ4n) is 8.09. The molecule has 0 aliphatic rings. The van der Waals surface area contributed by atoms with E-state index in [-0.39, 0.29) is 49.1 Å². The summed E-state index contributed by atoms with van der Waals surface area (Å²) < 4.78 is 10.4. The second kappa shape index (κ2) is 31.9. The van der Waals surface area contributed by atoms with E-state index >= 15 is 0 Å². The second-order valence-electron chi connectivity index (χ2n) is 19.8.